The molecule has 124 valence electrons. The van der Waals surface area contributed by atoms with Crippen LogP contribution in [0.4, 0.5) is 4.79 Å². The van der Waals surface area contributed by atoms with Gasteiger partial charge in [-0.05, 0) is 51.8 Å². The number of hydrogen-bond acceptors (Lipinski definition) is 4. The van der Waals surface area contributed by atoms with Crippen LogP contribution in [0.2, 0.25) is 0 Å². The van der Waals surface area contributed by atoms with Crippen molar-refractivity contribution in [2.45, 2.75) is 45.1 Å². The van der Waals surface area contributed by atoms with Crippen LogP contribution in [0.3, 0.4) is 0 Å². The molecule has 1 N–H and O–H groups in total. The molecule has 0 bridgehead atoms. The molecule has 1 fully saturated rings. The van der Waals surface area contributed by atoms with E-state index >= 15 is 0 Å². The minimum absolute atomic E-state index is 0.170. The van der Waals surface area contributed by atoms with E-state index in [1.165, 1.54) is 0 Å². The zero-order valence-corrected chi connectivity index (χ0v) is 13.8. The number of aromatic nitrogens is 2. The number of likely N-dealkylation sites (tertiary alicyclic amines) is 1. The van der Waals surface area contributed by atoms with Crippen molar-refractivity contribution >= 4 is 6.09 Å². The summed E-state index contributed by atoms with van der Waals surface area (Å²) in [6.07, 6.45) is 3.20. The summed E-state index contributed by atoms with van der Waals surface area (Å²) >= 11 is 0. The molecule has 3 heterocycles. The topological polar surface area (TPSA) is 67.6 Å². The highest BCUT2D eigenvalue weighted by molar-refractivity contribution is 5.68. The molecule has 0 aromatic carbocycles. The lowest BCUT2D eigenvalue weighted by molar-refractivity contribution is 0.0197. The van der Waals surface area contributed by atoms with Crippen LogP contribution < -0.4 is 0 Å². The molecule has 6 heteroatoms. The average molecular weight is 317 g/mol. The number of amides is 1. The summed E-state index contributed by atoms with van der Waals surface area (Å²) in [5.74, 6) is 0.723. The lowest BCUT2D eigenvalue weighted by Crippen LogP contribution is -2.42. The molecule has 3 aliphatic heterocycles. The van der Waals surface area contributed by atoms with Crippen molar-refractivity contribution < 1.29 is 14.7 Å². The van der Waals surface area contributed by atoms with Crippen molar-refractivity contribution in [1.29, 1.82) is 0 Å². The van der Waals surface area contributed by atoms with Crippen LogP contribution in [-0.2, 0) is 4.74 Å². The number of carbonyl (C=O) groups is 1. The summed E-state index contributed by atoms with van der Waals surface area (Å²) in [4.78, 5) is 18.6. The van der Waals surface area contributed by atoms with E-state index in [1.54, 1.807) is 17.2 Å². The van der Waals surface area contributed by atoms with Crippen LogP contribution in [0, 0.1) is 0 Å². The van der Waals surface area contributed by atoms with Gasteiger partial charge in [-0.1, -0.05) is 0 Å². The molecular weight excluding hydrogens is 294 g/mol. The minimum atomic E-state index is -0.486. The number of rotatable bonds is 1. The quantitative estimate of drug-likeness (QED) is 0.819. The third kappa shape index (κ3) is 3.41. The normalized spacial score (nSPS) is 19.1. The summed E-state index contributed by atoms with van der Waals surface area (Å²) in [6, 6.07) is 5.69. The third-order valence-corrected chi connectivity index (χ3v) is 4.01. The van der Waals surface area contributed by atoms with E-state index in [9.17, 15) is 10.0 Å². The Morgan fingerprint density at radius 1 is 1.43 bits per heavy atom. The van der Waals surface area contributed by atoms with Crippen LogP contribution in [0.15, 0.2) is 24.4 Å². The van der Waals surface area contributed by atoms with Crippen LogP contribution in [0.1, 0.15) is 45.2 Å². The van der Waals surface area contributed by atoms with Crippen LogP contribution in [-0.4, -0.2) is 44.6 Å². The number of piperidine rings is 1. The van der Waals surface area contributed by atoms with Crippen molar-refractivity contribution in [1.82, 2.24) is 14.6 Å². The van der Waals surface area contributed by atoms with Gasteiger partial charge in [0.2, 0.25) is 0 Å². The van der Waals surface area contributed by atoms with Gasteiger partial charge in [0.25, 0.3) is 0 Å². The summed E-state index contributed by atoms with van der Waals surface area (Å²) < 4.78 is 6.50. The summed E-state index contributed by atoms with van der Waals surface area (Å²) in [5, 5.41) is 9.82. The smallest absolute Gasteiger partial charge is 0.410 e. The molecule has 23 heavy (non-hydrogen) atoms. The molecule has 1 unspecified atom stereocenters. The van der Waals surface area contributed by atoms with Gasteiger partial charge in [0.05, 0.1) is 0 Å². The maximum atomic E-state index is 12.3. The average Bonchev–Trinajstić information content (AvgIpc) is 2.91. The SMILES string of the molecule is CC(C)(C)OC(=O)N1CCCC(c2cc3cccn(O)c-3n2)C1. The van der Waals surface area contributed by atoms with Gasteiger partial charge in [-0.3, -0.25) is 0 Å². The van der Waals surface area contributed by atoms with E-state index in [-0.39, 0.29) is 12.0 Å². The Hall–Kier alpha value is -2.24. The molecule has 0 aliphatic carbocycles. The Bertz CT molecular complexity index is 674. The Morgan fingerprint density at radius 2 is 2.22 bits per heavy atom. The molecule has 0 radical (unpaired) electrons. The van der Waals surface area contributed by atoms with Gasteiger partial charge in [-0.15, -0.1) is 0 Å². The maximum absolute atomic E-state index is 12.3. The van der Waals surface area contributed by atoms with E-state index in [2.05, 4.69) is 4.98 Å². The fourth-order valence-corrected chi connectivity index (χ4v) is 2.97. The zero-order valence-electron chi connectivity index (χ0n) is 13.8. The fourth-order valence-electron chi connectivity index (χ4n) is 2.97. The minimum Gasteiger partial charge on any atom is -0.444 e. The number of hydrogen-bond donors (Lipinski definition) is 1. The first kappa shape index (κ1) is 15.6. The maximum Gasteiger partial charge on any atom is 0.410 e. The molecule has 0 saturated carbocycles. The van der Waals surface area contributed by atoms with Gasteiger partial charge >= 0.3 is 6.09 Å². The molecule has 3 aliphatic rings. The lowest BCUT2D eigenvalue weighted by atomic mass is 9.95. The lowest BCUT2D eigenvalue weighted by Gasteiger charge is -2.33. The second-order valence-corrected chi connectivity index (χ2v) is 7.08. The highest BCUT2D eigenvalue weighted by Crippen LogP contribution is 2.31. The standard InChI is InChI=1S/C17H23N3O3/c1-17(2,3)23-16(21)19-8-4-7-13(11-19)14-10-12-6-5-9-20(22)15(12)18-14/h5-6,9-10,13,22H,4,7-8,11H2,1-3H3. The third-order valence-electron chi connectivity index (χ3n) is 4.01. The van der Waals surface area contributed by atoms with Crippen LogP contribution in [0.25, 0.3) is 11.4 Å². The van der Waals surface area contributed by atoms with Gasteiger partial charge in [-0.25, -0.2) is 9.78 Å². The predicted molar refractivity (Wildman–Crippen MR) is 85.8 cm³/mol. The van der Waals surface area contributed by atoms with Crippen molar-refractivity contribution in [3.05, 3.63) is 30.1 Å². The van der Waals surface area contributed by atoms with Crippen LogP contribution in [0.5, 0.6) is 0 Å². The largest absolute Gasteiger partial charge is 0.444 e. The molecule has 0 aromatic rings. The molecule has 0 aromatic heterocycles. The first-order chi connectivity index (χ1) is 10.8. The van der Waals surface area contributed by atoms with Gasteiger partial charge in [0.15, 0.2) is 5.82 Å². The van der Waals surface area contributed by atoms with E-state index in [4.69, 9.17) is 4.74 Å². The summed E-state index contributed by atoms with van der Waals surface area (Å²) in [7, 11) is 0. The van der Waals surface area contributed by atoms with E-state index in [1.807, 2.05) is 32.9 Å². The van der Waals surface area contributed by atoms with Crippen LogP contribution >= 0.6 is 0 Å². The number of ether oxygens (including phenoxy) is 1. The predicted octanol–water partition coefficient (Wildman–Crippen LogP) is 3.34. The highest BCUT2D eigenvalue weighted by atomic mass is 16.6. The molecule has 6 nitrogen and oxygen atoms in total. The molecule has 1 atom stereocenters. The van der Waals surface area contributed by atoms with Crippen molar-refractivity contribution in [3.63, 3.8) is 0 Å². The number of nitrogens with zero attached hydrogens (tertiary/aromatic N) is 3. The fraction of sp³-hybridized carbons (Fsp3) is 0.529. The van der Waals surface area contributed by atoms with E-state index in [0.717, 1.165) is 28.8 Å². The molecule has 1 amide bonds. The van der Waals surface area contributed by atoms with Gasteiger partial charge in [-0.2, -0.15) is 4.73 Å². The highest BCUT2D eigenvalue weighted by Gasteiger charge is 2.30. The number of carbonyl (C=O) groups excluding carboxylic acids is 1. The van der Waals surface area contributed by atoms with Crippen molar-refractivity contribution in [2.24, 2.45) is 0 Å². The van der Waals surface area contributed by atoms with Crippen molar-refractivity contribution in [2.75, 3.05) is 13.1 Å². The first-order valence-corrected chi connectivity index (χ1v) is 7.99. The number of fused-ring (bicyclic) bond motifs is 1. The monoisotopic (exact) mass is 317 g/mol. The molecular formula is C17H23N3O3. The summed E-state index contributed by atoms with van der Waals surface area (Å²) in [6.45, 7) is 6.93. The number of pyridine rings is 1. The Labute approximate surface area is 136 Å². The van der Waals surface area contributed by atoms with E-state index < -0.39 is 5.60 Å². The van der Waals surface area contributed by atoms with Gasteiger partial charge < -0.3 is 14.8 Å². The Morgan fingerprint density at radius 3 is 2.91 bits per heavy atom. The van der Waals surface area contributed by atoms with Gasteiger partial charge in [0, 0.05) is 36.5 Å². The van der Waals surface area contributed by atoms with E-state index in [0.29, 0.717) is 18.9 Å². The second-order valence-electron chi connectivity index (χ2n) is 7.08. The molecule has 3 rings (SSSR count). The molecule has 0 spiro atoms. The second kappa shape index (κ2) is 5.76. The Kier molecular flexibility index (Phi) is 3.92. The first-order valence-electron chi connectivity index (χ1n) is 7.99. The molecule has 1 saturated heterocycles. The Balaban J connectivity index is 1.77. The summed E-state index contributed by atoms with van der Waals surface area (Å²) in [5.41, 5.74) is 1.33. The van der Waals surface area contributed by atoms with Crippen molar-refractivity contribution in [3.8, 4) is 11.4 Å². The zero-order chi connectivity index (χ0) is 16.6. The van der Waals surface area contributed by atoms with Gasteiger partial charge in [0.1, 0.15) is 5.60 Å².